The highest BCUT2D eigenvalue weighted by molar-refractivity contribution is 7.89. The van der Waals surface area contributed by atoms with Gasteiger partial charge in [0.2, 0.25) is 15.9 Å². The minimum absolute atomic E-state index is 0.169. The summed E-state index contributed by atoms with van der Waals surface area (Å²) >= 11 is 6.11. The van der Waals surface area contributed by atoms with E-state index in [9.17, 15) is 18.0 Å². The zero-order valence-corrected chi connectivity index (χ0v) is 19.8. The number of piperazine rings is 1. The number of aryl methyl sites for hydroxylation is 2. The minimum atomic E-state index is -3.65. The molecule has 2 aromatic carbocycles. The molecule has 1 amide bonds. The largest absolute Gasteiger partial charge is 0.369 e. The predicted octanol–water partition coefficient (Wildman–Crippen LogP) is 1.23. The van der Waals surface area contributed by atoms with Crippen LogP contribution in [0.3, 0.4) is 0 Å². The number of rotatable bonds is 5. The van der Waals surface area contributed by atoms with Crippen LogP contribution >= 0.6 is 11.6 Å². The molecule has 1 aliphatic heterocycles. The topological polar surface area (TPSA) is 110 Å². The van der Waals surface area contributed by atoms with Crippen LogP contribution in [0.25, 0.3) is 5.69 Å². The number of halogens is 1. The van der Waals surface area contributed by atoms with E-state index >= 15 is 0 Å². The van der Waals surface area contributed by atoms with E-state index in [1.165, 1.54) is 9.21 Å². The van der Waals surface area contributed by atoms with E-state index in [4.69, 9.17) is 11.6 Å². The second-order valence-corrected chi connectivity index (χ2v) is 10.2. The number of hydrogen-bond donors (Lipinski definition) is 0. The van der Waals surface area contributed by atoms with E-state index in [1.54, 1.807) is 42.5 Å². The van der Waals surface area contributed by atoms with Gasteiger partial charge in [0.15, 0.2) is 0 Å². The summed E-state index contributed by atoms with van der Waals surface area (Å²) in [5, 5.41) is 7.92. The number of sulfonamides is 1. The summed E-state index contributed by atoms with van der Waals surface area (Å²) < 4.78 is 29.3. The zero-order chi connectivity index (χ0) is 23.8. The van der Waals surface area contributed by atoms with Crippen molar-refractivity contribution in [1.29, 1.82) is 0 Å². The van der Waals surface area contributed by atoms with Gasteiger partial charge in [0, 0.05) is 26.2 Å². The van der Waals surface area contributed by atoms with Gasteiger partial charge in [-0.1, -0.05) is 29.8 Å². The van der Waals surface area contributed by atoms with E-state index in [0.29, 0.717) is 10.7 Å². The summed E-state index contributed by atoms with van der Waals surface area (Å²) in [6.45, 7) is 4.27. The van der Waals surface area contributed by atoms with Crippen molar-refractivity contribution in [2.75, 3.05) is 26.2 Å². The van der Waals surface area contributed by atoms with Crippen molar-refractivity contribution in [2.24, 2.45) is 0 Å². The van der Waals surface area contributed by atoms with E-state index < -0.39 is 15.7 Å². The molecule has 0 spiro atoms. The molecular formula is C21H23ClN6O4S. The fourth-order valence-electron chi connectivity index (χ4n) is 3.58. The fourth-order valence-corrected chi connectivity index (χ4v) is 5.30. The van der Waals surface area contributed by atoms with Crippen molar-refractivity contribution >= 4 is 27.5 Å². The summed E-state index contributed by atoms with van der Waals surface area (Å²) in [4.78, 5) is 27.1. The van der Waals surface area contributed by atoms with Crippen molar-refractivity contribution in [1.82, 2.24) is 29.0 Å². The van der Waals surface area contributed by atoms with Crippen LogP contribution in [0.1, 0.15) is 11.1 Å². The molecule has 1 aromatic heterocycles. The molecule has 2 heterocycles. The summed E-state index contributed by atoms with van der Waals surface area (Å²) in [7, 11) is -3.65. The quantitative estimate of drug-likeness (QED) is 0.532. The van der Waals surface area contributed by atoms with Gasteiger partial charge in [0.05, 0.1) is 15.6 Å². The van der Waals surface area contributed by atoms with Crippen molar-refractivity contribution in [2.45, 2.75) is 25.3 Å². The average Bonchev–Trinajstić information content (AvgIpc) is 3.15. The summed E-state index contributed by atoms with van der Waals surface area (Å²) in [5.41, 5.74) is 1.70. The Bertz CT molecular complexity index is 1360. The van der Waals surface area contributed by atoms with E-state index in [1.807, 2.05) is 13.8 Å². The Morgan fingerprint density at radius 2 is 1.70 bits per heavy atom. The van der Waals surface area contributed by atoms with Gasteiger partial charge in [0.25, 0.3) is 0 Å². The van der Waals surface area contributed by atoms with Crippen LogP contribution in [-0.2, 0) is 21.4 Å². The Kier molecular flexibility index (Phi) is 6.37. The lowest BCUT2D eigenvalue weighted by molar-refractivity contribution is -0.133. The number of carbonyl (C=O) groups is 1. The minimum Gasteiger partial charge on any atom is -0.338 e. The number of hydrogen-bond acceptors (Lipinski definition) is 6. The lowest BCUT2D eigenvalue weighted by atomic mass is 10.1. The second kappa shape index (κ2) is 9.08. The molecule has 174 valence electrons. The number of tetrazole rings is 1. The van der Waals surface area contributed by atoms with Gasteiger partial charge in [-0.05, 0) is 59.7 Å². The fraction of sp³-hybridized carbons (Fsp3) is 0.333. The SMILES string of the molecule is Cc1ccc(S(=O)(=O)N2CCN(C(=O)Cn3nnn(-c4ccccc4Cl)c3=O)CC2)cc1C. The van der Waals surface area contributed by atoms with Gasteiger partial charge in [0.1, 0.15) is 6.54 Å². The third-order valence-corrected chi connectivity index (χ3v) is 7.93. The Balaban J connectivity index is 1.42. The van der Waals surface area contributed by atoms with Crippen molar-refractivity contribution in [3.8, 4) is 5.69 Å². The Hall–Kier alpha value is -3.02. The molecule has 4 rings (SSSR count). The molecule has 1 saturated heterocycles. The second-order valence-electron chi connectivity index (χ2n) is 7.81. The van der Waals surface area contributed by atoms with Crippen LogP contribution in [-0.4, -0.2) is 69.5 Å². The number of aromatic nitrogens is 4. The highest BCUT2D eigenvalue weighted by Gasteiger charge is 2.30. The van der Waals surface area contributed by atoms with Crippen LogP contribution in [0.5, 0.6) is 0 Å². The van der Waals surface area contributed by atoms with Gasteiger partial charge in [-0.15, -0.1) is 0 Å². The first-order valence-corrected chi connectivity index (χ1v) is 12.1. The van der Waals surface area contributed by atoms with Gasteiger partial charge < -0.3 is 4.90 Å². The number of amides is 1. The van der Waals surface area contributed by atoms with Crippen LogP contribution in [0.2, 0.25) is 5.02 Å². The lowest BCUT2D eigenvalue weighted by Crippen LogP contribution is -2.51. The first-order valence-electron chi connectivity index (χ1n) is 10.3. The maximum atomic E-state index is 13.0. The third kappa shape index (κ3) is 4.56. The first-order chi connectivity index (χ1) is 15.7. The number of carbonyl (C=O) groups excluding carboxylic acids is 1. The van der Waals surface area contributed by atoms with Crippen LogP contribution in [0.4, 0.5) is 0 Å². The van der Waals surface area contributed by atoms with Crippen LogP contribution in [0.15, 0.2) is 52.2 Å². The summed E-state index contributed by atoms with van der Waals surface area (Å²) in [6, 6.07) is 11.7. The molecule has 0 atom stereocenters. The molecule has 1 aliphatic rings. The predicted molar refractivity (Wildman–Crippen MR) is 122 cm³/mol. The summed E-state index contributed by atoms with van der Waals surface area (Å²) in [5.74, 6) is -0.341. The monoisotopic (exact) mass is 490 g/mol. The standard InChI is InChI=1S/C21H23ClN6O4S/c1-15-7-8-17(13-16(15)2)33(31,32)26-11-9-25(10-12-26)20(29)14-27-21(30)28(24-23-27)19-6-4-3-5-18(19)22/h3-8,13H,9-12,14H2,1-2H3. The number of nitrogens with zero attached hydrogens (tertiary/aromatic N) is 6. The first kappa shape index (κ1) is 23.1. The van der Waals surface area contributed by atoms with Crippen molar-refractivity contribution in [3.63, 3.8) is 0 Å². The van der Waals surface area contributed by atoms with Crippen molar-refractivity contribution < 1.29 is 13.2 Å². The normalized spacial score (nSPS) is 15.1. The Morgan fingerprint density at radius 1 is 1.00 bits per heavy atom. The van der Waals surface area contributed by atoms with E-state index in [2.05, 4.69) is 10.4 Å². The average molecular weight is 491 g/mol. The van der Waals surface area contributed by atoms with Gasteiger partial charge >= 0.3 is 5.69 Å². The lowest BCUT2D eigenvalue weighted by Gasteiger charge is -2.34. The molecular weight excluding hydrogens is 468 g/mol. The highest BCUT2D eigenvalue weighted by Crippen LogP contribution is 2.21. The Labute approximate surface area is 196 Å². The van der Waals surface area contributed by atoms with Crippen molar-refractivity contribution in [3.05, 3.63) is 69.1 Å². The van der Waals surface area contributed by atoms with E-state index in [-0.39, 0.29) is 43.5 Å². The smallest absolute Gasteiger partial charge is 0.338 e. The molecule has 12 heteroatoms. The number of benzene rings is 2. The Morgan fingerprint density at radius 3 is 2.36 bits per heavy atom. The molecule has 10 nitrogen and oxygen atoms in total. The molecule has 0 radical (unpaired) electrons. The summed E-state index contributed by atoms with van der Waals surface area (Å²) in [6.07, 6.45) is 0. The molecule has 1 fully saturated rings. The number of para-hydroxylation sites is 1. The molecule has 0 unspecified atom stereocenters. The maximum absolute atomic E-state index is 13.0. The highest BCUT2D eigenvalue weighted by atomic mass is 35.5. The van der Waals surface area contributed by atoms with Gasteiger partial charge in [-0.3, -0.25) is 4.79 Å². The van der Waals surface area contributed by atoms with Crippen LogP contribution in [0, 0.1) is 13.8 Å². The van der Waals surface area contributed by atoms with Crippen LogP contribution < -0.4 is 5.69 Å². The van der Waals surface area contributed by atoms with Gasteiger partial charge in [-0.25, -0.2) is 13.2 Å². The molecule has 0 N–H and O–H groups in total. The van der Waals surface area contributed by atoms with E-state index in [0.717, 1.165) is 20.5 Å². The molecule has 0 bridgehead atoms. The third-order valence-electron chi connectivity index (χ3n) is 5.71. The molecule has 0 aliphatic carbocycles. The molecule has 3 aromatic rings. The molecule has 0 saturated carbocycles. The zero-order valence-electron chi connectivity index (χ0n) is 18.2. The van der Waals surface area contributed by atoms with Gasteiger partial charge in [-0.2, -0.15) is 13.7 Å². The maximum Gasteiger partial charge on any atom is 0.369 e. The molecule has 33 heavy (non-hydrogen) atoms.